The Kier molecular flexibility index (Phi) is 4.44. The first-order valence-electron chi connectivity index (χ1n) is 6.11. The molecule has 0 aromatic heterocycles. The maximum atomic E-state index is 11.8. The van der Waals surface area contributed by atoms with Gasteiger partial charge in [-0.15, -0.1) is 0 Å². The Morgan fingerprint density at radius 2 is 2.11 bits per heavy atom. The van der Waals surface area contributed by atoms with Crippen LogP contribution in [0.3, 0.4) is 0 Å². The third kappa shape index (κ3) is 3.37. The van der Waals surface area contributed by atoms with Gasteiger partial charge >= 0.3 is 5.97 Å². The van der Waals surface area contributed by atoms with Gasteiger partial charge in [0.15, 0.2) is 0 Å². The summed E-state index contributed by atoms with van der Waals surface area (Å²) in [6.07, 6.45) is 2.46. The summed E-state index contributed by atoms with van der Waals surface area (Å²) in [5.41, 5.74) is 6.46. The Morgan fingerprint density at radius 1 is 1.39 bits per heavy atom. The van der Waals surface area contributed by atoms with Gasteiger partial charge < -0.3 is 10.5 Å². The molecule has 2 N–H and O–H groups in total. The number of nitrogen functional groups attached to an aromatic ring is 1. The second-order valence-corrected chi connectivity index (χ2v) is 4.83. The first-order chi connectivity index (χ1) is 8.66. The van der Waals surface area contributed by atoms with Crippen molar-refractivity contribution in [2.24, 2.45) is 0 Å². The molecule has 98 valence electrons. The number of carbonyl (C=O) groups is 1. The summed E-state index contributed by atoms with van der Waals surface area (Å²) < 4.78 is 5.21. The second kappa shape index (κ2) is 6.07. The Morgan fingerprint density at radius 3 is 2.83 bits per heavy atom. The quantitative estimate of drug-likeness (QED) is 0.672. The number of anilines is 1. The van der Waals surface area contributed by atoms with Crippen LogP contribution >= 0.6 is 11.6 Å². The molecule has 0 amide bonds. The van der Waals surface area contributed by atoms with E-state index in [1.807, 2.05) is 0 Å². The van der Waals surface area contributed by atoms with Crippen molar-refractivity contribution in [3.05, 3.63) is 28.8 Å². The van der Waals surface area contributed by atoms with Crippen LogP contribution in [0.5, 0.6) is 0 Å². The Balaban J connectivity index is 1.85. The fourth-order valence-corrected chi connectivity index (χ4v) is 2.25. The monoisotopic (exact) mass is 268 g/mol. The maximum absolute atomic E-state index is 11.8. The molecule has 1 aromatic rings. The highest BCUT2D eigenvalue weighted by molar-refractivity contribution is 6.33. The molecule has 2 rings (SSSR count). The molecule has 5 heteroatoms. The molecule has 1 heterocycles. The van der Waals surface area contributed by atoms with Crippen molar-refractivity contribution in [3.63, 3.8) is 0 Å². The summed E-state index contributed by atoms with van der Waals surface area (Å²) in [4.78, 5) is 14.1. The Labute approximate surface area is 112 Å². The molecule has 0 saturated carbocycles. The molecule has 1 aliphatic rings. The van der Waals surface area contributed by atoms with E-state index in [2.05, 4.69) is 4.90 Å². The highest BCUT2D eigenvalue weighted by Gasteiger charge is 2.14. The van der Waals surface area contributed by atoms with Crippen LogP contribution in [0.25, 0.3) is 0 Å². The van der Waals surface area contributed by atoms with Crippen LogP contribution in [-0.4, -0.2) is 37.1 Å². The average molecular weight is 269 g/mol. The molecule has 1 fully saturated rings. The van der Waals surface area contributed by atoms with Crippen molar-refractivity contribution in [1.29, 1.82) is 0 Å². The van der Waals surface area contributed by atoms with Gasteiger partial charge in [0.25, 0.3) is 0 Å². The zero-order valence-corrected chi connectivity index (χ0v) is 10.9. The lowest BCUT2D eigenvalue weighted by Crippen LogP contribution is -2.25. The third-order valence-electron chi connectivity index (χ3n) is 3.05. The first-order valence-corrected chi connectivity index (χ1v) is 6.49. The van der Waals surface area contributed by atoms with Crippen molar-refractivity contribution in [3.8, 4) is 0 Å². The third-order valence-corrected chi connectivity index (χ3v) is 3.38. The van der Waals surface area contributed by atoms with Crippen LogP contribution in [0.15, 0.2) is 18.2 Å². The predicted molar refractivity (Wildman–Crippen MR) is 71.8 cm³/mol. The van der Waals surface area contributed by atoms with Crippen LogP contribution in [0.1, 0.15) is 23.2 Å². The normalized spacial score (nSPS) is 15.8. The number of carbonyl (C=O) groups excluding carboxylic acids is 1. The summed E-state index contributed by atoms with van der Waals surface area (Å²) in [6.45, 7) is 3.36. The van der Waals surface area contributed by atoms with Gasteiger partial charge in [0.05, 0.1) is 10.6 Å². The van der Waals surface area contributed by atoms with Crippen LogP contribution in [0, 0.1) is 0 Å². The van der Waals surface area contributed by atoms with Crippen molar-refractivity contribution in [2.75, 3.05) is 32.0 Å². The van der Waals surface area contributed by atoms with E-state index in [0.29, 0.717) is 22.9 Å². The molecule has 0 unspecified atom stereocenters. The fourth-order valence-electron chi connectivity index (χ4n) is 2.05. The SMILES string of the molecule is Nc1ccc(Cl)c(C(=O)OCCN2CCCC2)c1. The number of nitrogens with zero attached hydrogens (tertiary/aromatic N) is 1. The van der Waals surface area contributed by atoms with E-state index in [4.69, 9.17) is 22.1 Å². The van der Waals surface area contributed by atoms with E-state index in [0.717, 1.165) is 19.6 Å². The van der Waals surface area contributed by atoms with Crippen molar-refractivity contribution >= 4 is 23.3 Å². The number of halogens is 1. The number of nitrogens with two attached hydrogens (primary N) is 1. The van der Waals surface area contributed by atoms with Crippen molar-refractivity contribution in [2.45, 2.75) is 12.8 Å². The minimum Gasteiger partial charge on any atom is -0.461 e. The summed E-state index contributed by atoms with van der Waals surface area (Å²) in [5, 5.41) is 0.371. The number of rotatable bonds is 4. The smallest absolute Gasteiger partial charge is 0.339 e. The number of likely N-dealkylation sites (tertiary alicyclic amines) is 1. The van der Waals surface area contributed by atoms with Gasteiger partial charge in [-0.1, -0.05) is 11.6 Å². The molecule has 4 nitrogen and oxygen atoms in total. The molecule has 0 aliphatic carbocycles. The minimum atomic E-state index is -0.411. The molecule has 0 radical (unpaired) electrons. The van der Waals surface area contributed by atoms with E-state index in [1.54, 1.807) is 18.2 Å². The zero-order chi connectivity index (χ0) is 13.0. The lowest BCUT2D eigenvalue weighted by molar-refractivity contribution is 0.0472. The van der Waals surface area contributed by atoms with Crippen molar-refractivity contribution < 1.29 is 9.53 Å². The van der Waals surface area contributed by atoms with E-state index >= 15 is 0 Å². The molecule has 0 atom stereocenters. The van der Waals surface area contributed by atoms with Gasteiger partial charge in [-0.3, -0.25) is 4.90 Å². The van der Waals surface area contributed by atoms with E-state index in [-0.39, 0.29) is 0 Å². The van der Waals surface area contributed by atoms with Gasteiger partial charge in [0.2, 0.25) is 0 Å². The Hall–Kier alpha value is -1.26. The molecule has 1 saturated heterocycles. The molecular formula is C13H17ClN2O2. The van der Waals surface area contributed by atoms with E-state index < -0.39 is 5.97 Å². The van der Waals surface area contributed by atoms with Gasteiger partial charge in [0.1, 0.15) is 6.61 Å². The number of benzene rings is 1. The summed E-state index contributed by atoms with van der Waals surface area (Å²) in [7, 11) is 0. The van der Waals surface area contributed by atoms with Crippen LogP contribution in [0.4, 0.5) is 5.69 Å². The topological polar surface area (TPSA) is 55.6 Å². The molecule has 0 bridgehead atoms. The Bertz CT molecular complexity index is 431. The summed E-state index contributed by atoms with van der Waals surface area (Å²) >= 11 is 5.93. The van der Waals surface area contributed by atoms with Crippen LogP contribution < -0.4 is 5.73 Å². The zero-order valence-electron chi connectivity index (χ0n) is 10.2. The van der Waals surface area contributed by atoms with Crippen LogP contribution in [-0.2, 0) is 4.74 Å². The van der Waals surface area contributed by atoms with Crippen molar-refractivity contribution in [1.82, 2.24) is 4.90 Å². The lowest BCUT2D eigenvalue weighted by atomic mass is 10.2. The number of ether oxygens (including phenoxy) is 1. The van der Waals surface area contributed by atoms with E-state index in [9.17, 15) is 4.79 Å². The average Bonchev–Trinajstić information content (AvgIpc) is 2.85. The first kappa shape index (κ1) is 13.2. The van der Waals surface area contributed by atoms with Gasteiger partial charge in [-0.2, -0.15) is 0 Å². The van der Waals surface area contributed by atoms with Gasteiger partial charge in [0, 0.05) is 12.2 Å². The minimum absolute atomic E-state index is 0.332. The molecular weight excluding hydrogens is 252 g/mol. The molecule has 0 spiro atoms. The van der Waals surface area contributed by atoms with Crippen LogP contribution in [0.2, 0.25) is 5.02 Å². The van der Waals surface area contributed by atoms with Gasteiger partial charge in [-0.05, 0) is 44.1 Å². The molecule has 1 aromatic carbocycles. The van der Waals surface area contributed by atoms with Gasteiger partial charge in [-0.25, -0.2) is 4.79 Å². The highest BCUT2D eigenvalue weighted by atomic mass is 35.5. The second-order valence-electron chi connectivity index (χ2n) is 4.42. The summed E-state index contributed by atoms with van der Waals surface area (Å²) in [6, 6.07) is 4.80. The molecule has 1 aliphatic heterocycles. The maximum Gasteiger partial charge on any atom is 0.339 e. The lowest BCUT2D eigenvalue weighted by Gasteiger charge is -2.14. The predicted octanol–water partition coefficient (Wildman–Crippen LogP) is 2.17. The standard InChI is InChI=1S/C13H17ClN2O2/c14-12-4-3-10(15)9-11(12)13(17)18-8-7-16-5-1-2-6-16/h3-4,9H,1-2,5-8,15H2. The largest absolute Gasteiger partial charge is 0.461 e. The number of esters is 1. The van der Waals surface area contributed by atoms with E-state index in [1.165, 1.54) is 12.8 Å². The summed E-state index contributed by atoms with van der Waals surface area (Å²) in [5.74, 6) is -0.411. The fraction of sp³-hybridized carbons (Fsp3) is 0.462. The highest BCUT2D eigenvalue weighted by Crippen LogP contribution is 2.19. The number of hydrogen-bond acceptors (Lipinski definition) is 4. The molecule has 18 heavy (non-hydrogen) atoms. The number of hydrogen-bond donors (Lipinski definition) is 1.